The second kappa shape index (κ2) is 14.6. The molecule has 0 saturated heterocycles. The third-order valence-electron chi connectivity index (χ3n) is 9.70. The van der Waals surface area contributed by atoms with Gasteiger partial charge in [0.05, 0.1) is 0 Å². The van der Waals surface area contributed by atoms with E-state index in [1.807, 2.05) is 17.5 Å². The van der Waals surface area contributed by atoms with E-state index in [-0.39, 0.29) is 42.5 Å². The van der Waals surface area contributed by atoms with Gasteiger partial charge in [-0.3, -0.25) is 4.98 Å². The largest absolute Gasteiger partial charge is 3.00 e. The Kier molecular flexibility index (Phi) is 11.8. The molecule has 6 rings (SSSR count). The molecule has 2 heterocycles. The molecule has 0 N–H and O–H groups in total. The van der Waals surface area contributed by atoms with Crippen molar-refractivity contribution in [1.29, 1.82) is 0 Å². The van der Waals surface area contributed by atoms with E-state index in [0.29, 0.717) is 18.0 Å². The number of fused-ring (bicyclic) bond motifs is 5. The number of pyridine rings is 1. The Hall–Kier alpha value is -2.14. The third-order valence-corrected chi connectivity index (χ3v) is 10.9. The first kappa shape index (κ1) is 38.7. The Balaban J connectivity index is 0.000000345. The SMILES string of the molecule is CC(C)(C)c1cc(-c2nccc3c2sc2cc4c(cc23)C(C)(C)CCC4(C)C)[c-]c2ccccc12.CC(C)[N-]C([N-]C(C)C)C(C)C.[Ir+3]. The summed E-state index contributed by atoms with van der Waals surface area (Å²) in [6, 6.07) is 22.6. The average molecular weight is 839 g/mol. The van der Waals surface area contributed by atoms with Gasteiger partial charge >= 0.3 is 20.1 Å². The molecule has 0 aliphatic heterocycles. The molecular weight excluding hydrogens is 783 g/mol. The molecule has 2 aromatic heterocycles. The summed E-state index contributed by atoms with van der Waals surface area (Å²) in [6.07, 6.45) is 4.63. The number of nitrogens with zero attached hydrogens (tertiary/aromatic N) is 3. The van der Waals surface area contributed by atoms with Crippen molar-refractivity contribution in [1.82, 2.24) is 4.98 Å². The van der Waals surface area contributed by atoms with Gasteiger partial charge in [0.25, 0.3) is 0 Å². The standard InChI is InChI=1S/C33H34NS.C10H22N2.Ir/c1-31(2,3)25-17-21(16-20-10-8-9-11-22(20)25)29-30-23(12-15-34-29)24-18-26-27(19-28(24)35-30)33(6,7)14-13-32(26,4)5;1-7(2)10(11-8(3)4)12-9(5)6;/h8-12,15,17-19H,13-14H2,1-7H3;7-10H,1-6H3;/q-1;-2;+3. The van der Waals surface area contributed by atoms with Gasteiger partial charge in [0.1, 0.15) is 0 Å². The van der Waals surface area contributed by atoms with Crippen molar-refractivity contribution in [2.45, 2.75) is 137 Å². The van der Waals surface area contributed by atoms with Gasteiger partial charge in [-0.15, -0.1) is 52.6 Å². The molecule has 258 valence electrons. The quantitative estimate of drug-likeness (QED) is 0.157. The van der Waals surface area contributed by atoms with E-state index in [1.54, 1.807) is 0 Å². The van der Waals surface area contributed by atoms with Crippen LogP contribution in [0.3, 0.4) is 0 Å². The molecule has 0 saturated carbocycles. The summed E-state index contributed by atoms with van der Waals surface area (Å²) in [6.45, 7) is 29.3. The van der Waals surface area contributed by atoms with Gasteiger partial charge in [0, 0.05) is 26.7 Å². The van der Waals surface area contributed by atoms with Crippen molar-refractivity contribution in [3.8, 4) is 11.3 Å². The van der Waals surface area contributed by atoms with Crippen molar-refractivity contribution in [2.75, 3.05) is 0 Å². The number of aromatic nitrogens is 1. The molecule has 0 unspecified atom stereocenters. The maximum Gasteiger partial charge on any atom is 3.00 e. The van der Waals surface area contributed by atoms with Crippen LogP contribution in [0.1, 0.15) is 120 Å². The average Bonchev–Trinajstić information content (AvgIpc) is 3.35. The van der Waals surface area contributed by atoms with Crippen LogP contribution in [-0.2, 0) is 36.4 Å². The number of benzene rings is 3. The summed E-state index contributed by atoms with van der Waals surface area (Å²) >= 11 is 1.89. The zero-order valence-electron chi connectivity index (χ0n) is 31.5. The predicted octanol–water partition coefficient (Wildman–Crippen LogP) is 13.2. The van der Waals surface area contributed by atoms with E-state index < -0.39 is 0 Å². The molecule has 0 spiro atoms. The Morgan fingerprint density at radius 2 is 1.35 bits per heavy atom. The molecular formula is C43H56IrN3S. The summed E-state index contributed by atoms with van der Waals surface area (Å²) in [4.78, 5) is 4.94. The number of rotatable bonds is 6. The van der Waals surface area contributed by atoms with Crippen LogP contribution in [0, 0.1) is 12.0 Å². The van der Waals surface area contributed by atoms with E-state index >= 15 is 0 Å². The molecule has 0 atom stereocenters. The monoisotopic (exact) mass is 839 g/mol. The Labute approximate surface area is 308 Å². The molecule has 1 aliphatic rings. The Morgan fingerprint density at radius 1 is 0.771 bits per heavy atom. The molecule has 1 aliphatic carbocycles. The fraction of sp³-hybridized carbons (Fsp3) is 0.512. The van der Waals surface area contributed by atoms with Crippen LogP contribution in [0.2, 0.25) is 0 Å². The molecule has 48 heavy (non-hydrogen) atoms. The van der Waals surface area contributed by atoms with Crippen molar-refractivity contribution in [2.24, 2.45) is 5.92 Å². The molecule has 3 aromatic carbocycles. The van der Waals surface area contributed by atoms with Crippen LogP contribution >= 0.6 is 11.3 Å². The minimum absolute atomic E-state index is 0. The molecule has 3 nitrogen and oxygen atoms in total. The van der Waals surface area contributed by atoms with Crippen LogP contribution in [0.15, 0.2) is 54.7 Å². The fourth-order valence-corrected chi connectivity index (χ4v) is 8.15. The summed E-state index contributed by atoms with van der Waals surface area (Å²) in [7, 11) is 0. The van der Waals surface area contributed by atoms with E-state index in [0.717, 1.165) is 16.6 Å². The number of thiophene rings is 1. The molecule has 0 radical (unpaired) electrons. The molecule has 5 aromatic rings. The smallest absolute Gasteiger partial charge is 0.675 e. The first-order chi connectivity index (χ1) is 21.9. The van der Waals surface area contributed by atoms with Crippen LogP contribution in [0.25, 0.3) is 52.8 Å². The van der Waals surface area contributed by atoms with Crippen LogP contribution in [0.5, 0.6) is 0 Å². The van der Waals surface area contributed by atoms with Gasteiger partial charge in [-0.25, -0.2) is 6.17 Å². The minimum Gasteiger partial charge on any atom is -0.675 e. The van der Waals surface area contributed by atoms with Gasteiger partial charge in [0.15, 0.2) is 0 Å². The summed E-state index contributed by atoms with van der Waals surface area (Å²) < 4.78 is 2.64. The van der Waals surface area contributed by atoms with E-state index in [1.165, 1.54) is 55.1 Å². The van der Waals surface area contributed by atoms with Crippen LogP contribution in [0.4, 0.5) is 0 Å². The first-order valence-electron chi connectivity index (χ1n) is 17.6. The maximum atomic E-state index is 4.94. The van der Waals surface area contributed by atoms with Crippen LogP contribution < -0.4 is 0 Å². The predicted molar refractivity (Wildman–Crippen MR) is 209 cm³/mol. The summed E-state index contributed by atoms with van der Waals surface area (Å²) in [5.41, 5.74) is 6.99. The Morgan fingerprint density at radius 3 is 1.92 bits per heavy atom. The Bertz CT molecular complexity index is 1860. The second-order valence-electron chi connectivity index (χ2n) is 16.8. The minimum atomic E-state index is 0. The fourth-order valence-electron chi connectivity index (χ4n) is 6.93. The summed E-state index contributed by atoms with van der Waals surface area (Å²) in [5.74, 6) is 0.523. The zero-order valence-corrected chi connectivity index (χ0v) is 34.7. The van der Waals surface area contributed by atoms with Crippen molar-refractivity contribution >= 4 is 42.3 Å². The molecule has 0 amide bonds. The number of hydrogen-bond donors (Lipinski definition) is 0. The zero-order chi connectivity index (χ0) is 34.5. The van der Waals surface area contributed by atoms with Gasteiger partial charge < -0.3 is 10.6 Å². The normalized spacial score (nSPS) is 15.7. The van der Waals surface area contributed by atoms with Gasteiger partial charge in [-0.2, -0.15) is 0 Å². The van der Waals surface area contributed by atoms with Crippen LogP contribution in [-0.4, -0.2) is 23.2 Å². The van der Waals surface area contributed by atoms with Gasteiger partial charge in [-0.05, 0) is 63.8 Å². The third kappa shape index (κ3) is 8.08. The van der Waals surface area contributed by atoms with E-state index in [4.69, 9.17) is 4.98 Å². The molecule has 0 bridgehead atoms. The van der Waals surface area contributed by atoms with Crippen molar-refractivity contribution in [3.63, 3.8) is 0 Å². The second-order valence-corrected chi connectivity index (χ2v) is 17.9. The maximum absolute atomic E-state index is 4.94. The van der Waals surface area contributed by atoms with E-state index in [9.17, 15) is 0 Å². The van der Waals surface area contributed by atoms with E-state index in [2.05, 4.69) is 155 Å². The number of hydrogen-bond acceptors (Lipinski definition) is 2. The van der Waals surface area contributed by atoms with Crippen molar-refractivity contribution in [3.05, 3.63) is 88.1 Å². The van der Waals surface area contributed by atoms with Crippen molar-refractivity contribution < 1.29 is 20.1 Å². The molecule has 5 heteroatoms. The van der Waals surface area contributed by atoms with Gasteiger partial charge in [-0.1, -0.05) is 125 Å². The topological polar surface area (TPSA) is 41.1 Å². The van der Waals surface area contributed by atoms with Gasteiger partial charge in [0.2, 0.25) is 0 Å². The summed E-state index contributed by atoms with van der Waals surface area (Å²) in [5, 5.41) is 14.2. The first-order valence-corrected chi connectivity index (χ1v) is 18.4. The molecule has 0 fully saturated rings.